The average molecular weight is 773 g/mol. The summed E-state index contributed by atoms with van der Waals surface area (Å²) in [4.78, 5) is 39.0. The number of anilines is 2. The molecule has 16 heteroatoms. The lowest BCUT2D eigenvalue weighted by atomic mass is 9.96. The summed E-state index contributed by atoms with van der Waals surface area (Å²) < 4.78 is 50.2. The van der Waals surface area contributed by atoms with E-state index in [4.69, 9.17) is 30.8 Å². The maximum atomic E-state index is 17.3. The van der Waals surface area contributed by atoms with Crippen LogP contribution in [0.1, 0.15) is 67.4 Å². The van der Waals surface area contributed by atoms with E-state index in [0.717, 1.165) is 17.4 Å². The second kappa shape index (κ2) is 13.7. The van der Waals surface area contributed by atoms with E-state index in [1.54, 1.807) is 31.9 Å². The van der Waals surface area contributed by atoms with Gasteiger partial charge in [-0.05, 0) is 79.7 Å². The number of carbonyl (C=O) groups excluding carboxylic acids is 2. The van der Waals surface area contributed by atoms with E-state index in [1.807, 2.05) is 39.5 Å². The van der Waals surface area contributed by atoms with Gasteiger partial charge in [0, 0.05) is 17.5 Å². The average Bonchev–Trinajstić information content (AvgIpc) is 3.56. The fourth-order valence-corrected chi connectivity index (χ4v) is 8.42. The molecule has 1 N–H and O–H groups in total. The first kappa shape index (κ1) is 37.6. The van der Waals surface area contributed by atoms with Gasteiger partial charge in [-0.25, -0.2) is 28.3 Å². The van der Waals surface area contributed by atoms with Crippen LogP contribution < -0.4 is 15.0 Å². The lowest BCUT2D eigenvalue weighted by molar-refractivity contribution is 0.0232. The molecule has 0 aliphatic carbocycles. The fourth-order valence-electron chi connectivity index (χ4n) is 6.66. The summed E-state index contributed by atoms with van der Waals surface area (Å²) in [5.74, 6) is -0.946. The number of halogens is 3. The number of hydrogen-bond donors (Lipinski definition) is 1. The maximum absolute atomic E-state index is 17.3. The predicted octanol–water partition coefficient (Wildman–Crippen LogP) is 9.37. The van der Waals surface area contributed by atoms with Crippen molar-refractivity contribution in [3.05, 3.63) is 34.4 Å². The molecule has 3 atom stereocenters. The van der Waals surface area contributed by atoms with Crippen molar-refractivity contribution in [2.45, 2.75) is 96.4 Å². The van der Waals surface area contributed by atoms with Gasteiger partial charge in [0.05, 0.1) is 39.3 Å². The van der Waals surface area contributed by atoms with E-state index < -0.39 is 41.1 Å². The number of thiophene rings is 1. The van der Waals surface area contributed by atoms with Crippen LogP contribution in [0.5, 0.6) is 5.75 Å². The number of thioether (sulfide) groups is 1. The Balaban J connectivity index is 1.54. The van der Waals surface area contributed by atoms with E-state index in [1.165, 1.54) is 17.8 Å². The topological polar surface area (TPSA) is 130 Å². The van der Waals surface area contributed by atoms with Crippen LogP contribution in [0.4, 0.5) is 29.2 Å². The van der Waals surface area contributed by atoms with Crippen LogP contribution in [-0.2, 0) is 9.47 Å². The van der Waals surface area contributed by atoms with Gasteiger partial charge in [-0.1, -0.05) is 29.4 Å². The first-order valence-electron chi connectivity index (χ1n) is 16.7. The summed E-state index contributed by atoms with van der Waals surface area (Å²) in [5.41, 5.74) is -1.68. The number of nitrogens with zero attached hydrogens (tertiary/aromatic N) is 5. The van der Waals surface area contributed by atoms with E-state index in [2.05, 4.69) is 16.4 Å². The highest BCUT2D eigenvalue weighted by molar-refractivity contribution is 7.98. The Labute approximate surface area is 313 Å². The molecule has 52 heavy (non-hydrogen) atoms. The van der Waals surface area contributed by atoms with Gasteiger partial charge in [-0.3, -0.25) is 5.32 Å². The summed E-state index contributed by atoms with van der Waals surface area (Å²) >= 11 is 9.19. The largest absolute Gasteiger partial charge is 0.486 e. The summed E-state index contributed by atoms with van der Waals surface area (Å²) in [7, 11) is 0. The molecule has 1 saturated heterocycles. The second-order valence-corrected chi connectivity index (χ2v) is 17.0. The quantitative estimate of drug-likeness (QED) is 0.158. The third-order valence-electron chi connectivity index (χ3n) is 8.70. The van der Waals surface area contributed by atoms with Gasteiger partial charge >= 0.3 is 12.2 Å². The van der Waals surface area contributed by atoms with Crippen molar-refractivity contribution in [2.75, 3.05) is 29.6 Å². The fraction of sp³-hybridized carbons (Fsp3) is 0.472. The van der Waals surface area contributed by atoms with E-state index in [9.17, 15) is 14.9 Å². The molecule has 0 unspecified atom stereocenters. The van der Waals surface area contributed by atoms with Crippen molar-refractivity contribution < 1.29 is 32.6 Å². The van der Waals surface area contributed by atoms with Gasteiger partial charge in [0.1, 0.15) is 45.5 Å². The number of likely N-dealkylation sites (tertiary alicyclic amines) is 1. The van der Waals surface area contributed by atoms with E-state index in [0.29, 0.717) is 25.3 Å². The minimum atomic E-state index is -0.834. The summed E-state index contributed by atoms with van der Waals surface area (Å²) in [5, 5.41) is 13.4. The van der Waals surface area contributed by atoms with Gasteiger partial charge < -0.3 is 24.0 Å². The van der Waals surface area contributed by atoms with Gasteiger partial charge in [-0.15, -0.1) is 11.3 Å². The number of fused-ring (bicyclic) bond motifs is 1. The number of carbonyl (C=O) groups is 2. The van der Waals surface area contributed by atoms with Crippen LogP contribution in [0.3, 0.4) is 0 Å². The summed E-state index contributed by atoms with van der Waals surface area (Å²) in [6.45, 7) is 15.1. The summed E-state index contributed by atoms with van der Waals surface area (Å²) in [6.07, 6.45) is 0.638. The van der Waals surface area contributed by atoms with Crippen LogP contribution in [0.2, 0.25) is 5.02 Å². The highest BCUT2D eigenvalue weighted by atomic mass is 35.5. The molecule has 0 saturated carbocycles. The Hall–Kier alpha value is -4.13. The van der Waals surface area contributed by atoms with E-state index >= 15 is 8.78 Å². The third-order valence-corrected chi connectivity index (χ3v) is 10.7. The van der Waals surface area contributed by atoms with Crippen molar-refractivity contribution in [3.8, 4) is 22.9 Å². The highest BCUT2D eigenvalue weighted by Crippen LogP contribution is 2.52. The second-order valence-electron chi connectivity index (χ2n) is 14.8. The molecule has 2 amide bonds. The smallest absolute Gasteiger partial charge is 0.412 e. The number of ether oxygens (including phenoxy) is 3. The third kappa shape index (κ3) is 6.88. The molecule has 4 aromatic rings. The molecular weight excluding hydrogens is 734 g/mol. The molecule has 276 valence electrons. The van der Waals surface area contributed by atoms with Crippen LogP contribution in [-0.4, -0.2) is 75.8 Å². The molecule has 2 aromatic carbocycles. The summed E-state index contributed by atoms with van der Waals surface area (Å²) in [6, 6.07) is 4.05. The maximum Gasteiger partial charge on any atom is 0.412 e. The Morgan fingerprint density at radius 2 is 1.81 bits per heavy atom. The highest BCUT2D eigenvalue weighted by Gasteiger charge is 2.43. The van der Waals surface area contributed by atoms with Crippen LogP contribution in [0, 0.1) is 23.0 Å². The molecule has 4 heterocycles. The molecule has 0 radical (unpaired) electrons. The van der Waals surface area contributed by atoms with Gasteiger partial charge in [-0.2, -0.15) is 5.26 Å². The zero-order chi connectivity index (χ0) is 38.0. The minimum absolute atomic E-state index is 0.0138. The van der Waals surface area contributed by atoms with Crippen molar-refractivity contribution in [1.82, 2.24) is 14.9 Å². The van der Waals surface area contributed by atoms with Crippen LogP contribution >= 0.6 is 34.7 Å². The minimum Gasteiger partial charge on any atom is -0.486 e. The molecule has 2 aliphatic rings. The first-order chi connectivity index (χ1) is 24.3. The molecule has 2 aromatic heterocycles. The Kier molecular flexibility index (Phi) is 9.91. The molecule has 11 nitrogen and oxygen atoms in total. The van der Waals surface area contributed by atoms with E-state index in [-0.39, 0.29) is 70.7 Å². The normalized spacial score (nSPS) is 19.0. The molecule has 0 bridgehead atoms. The number of nitrogens with one attached hydrogen (secondary N) is 1. The van der Waals surface area contributed by atoms with Crippen molar-refractivity contribution >= 4 is 78.7 Å². The lowest BCUT2D eigenvalue weighted by Crippen LogP contribution is -2.49. The SMILES string of the molecule is CSc1nc2c3c(c(Cl)c(-c4ccc(F)c5sc(NC(=O)OC(C)(C)C)c(C#N)c45)c(F)c3n1)O[C@@H](C)CN2[C@@H]1CCN(C(=O)OC(C)(C)C)[C@@H]1C. The van der Waals surface area contributed by atoms with Crippen molar-refractivity contribution in [3.63, 3.8) is 0 Å². The monoisotopic (exact) mass is 772 g/mol. The molecule has 2 aliphatic heterocycles. The van der Waals surface area contributed by atoms with Gasteiger partial charge in [0.25, 0.3) is 0 Å². The van der Waals surface area contributed by atoms with Crippen molar-refractivity contribution in [1.29, 1.82) is 5.26 Å². The molecule has 6 rings (SSSR count). The van der Waals surface area contributed by atoms with Crippen molar-refractivity contribution in [2.24, 2.45) is 0 Å². The molecular formula is C36H39ClF2N6O5S2. The Morgan fingerprint density at radius 1 is 1.12 bits per heavy atom. The lowest BCUT2D eigenvalue weighted by Gasteiger charge is -2.35. The number of rotatable bonds is 4. The Morgan fingerprint density at radius 3 is 2.44 bits per heavy atom. The standard InChI is InChI=1S/C36H39ClF2N6O5S2/c1-16-15-45(21-12-13-44(17(21)2)34(47)50-36(6,7)8)30-24-27(41-32(42-30)51-9)26(39)23(25(37)28(24)48-16)18-10-11-20(38)29-22(18)19(14-40)31(52-29)43-33(46)49-35(3,4)5/h10-11,16-17,21H,12-13,15H2,1-9H3,(H,43,46)/t16-,17+,21+/m0/s1. The van der Waals surface area contributed by atoms with Gasteiger partial charge in [0.15, 0.2) is 16.7 Å². The molecule has 0 spiro atoms. The zero-order valence-corrected chi connectivity index (χ0v) is 32.6. The van der Waals surface area contributed by atoms with Crippen LogP contribution in [0.15, 0.2) is 17.3 Å². The zero-order valence-electron chi connectivity index (χ0n) is 30.2. The number of hydrogen-bond acceptors (Lipinski definition) is 11. The number of amides is 2. The number of aromatic nitrogens is 2. The first-order valence-corrected chi connectivity index (χ1v) is 19.1. The number of benzene rings is 2. The van der Waals surface area contributed by atoms with Gasteiger partial charge in [0.2, 0.25) is 0 Å². The molecule has 1 fully saturated rings. The van der Waals surface area contributed by atoms with Crippen LogP contribution in [0.25, 0.3) is 32.1 Å². The Bertz CT molecular complexity index is 2160. The predicted molar refractivity (Wildman–Crippen MR) is 200 cm³/mol. The number of nitriles is 1.